The molecule has 0 fully saturated rings. The summed E-state index contributed by atoms with van der Waals surface area (Å²) in [5.74, 6) is 0.808. The minimum atomic E-state index is -4.41. The Hall–Kier alpha value is -1.82. The van der Waals surface area contributed by atoms with Crippen molar-refractivity contribution in [3.05, 3.63) is 65.5 Å². The lowest BCUT2D eigenvalue weighted by atomic mass is 10.0. The van der Waals surface area contributed by atoms with E-state index in [1.807, 2.05) is 32.0 Å². The van der Waals surface area contributed by atoms with Crippen LogP contribution in [0.5, 0.6) is 0 Å². The van der Waals surface area contributed by atoms with Gasteiger partial charge < -0.3 is 0 Å². The zero-order valence-electron chi connectivity index (χ0n) is 14.8. The molecule has 1 aromatic carbocycles. The Morgan fingerprint density at radius 2 is 1.77 bits per heavy atom. The van der Waals surface area contributed by atoms with Crippen molar-refractivity contribution in [2.24, 2.45) is 0 Å². The summed E-state index contributed by atoms with van der Waals surface area (Å²) in [6.45, 7) is 3.71. The third-order valence-corrected chi connectivity index (χ3v) is 5.52. The second-order valence-corrected chi connectivity index (χ2v) is 8.30. The molecule has 1 heterocycles. The van der Waals surface area contributed by atoms with Gasteiger partial charge in [-0.2, -0.15) is 13.2 Å². The number of aryl methyl sites for hydroxylation is 1. The minimum Gasteiger partial charge on any atom is -0.298 e. The number of carbonyl (C=O) groups excluding carboxylic acids is 1. The molecule has 0 aliphatic rings. The Bertz CT molecular complexity index is 712. The number of Topliss-reactive ketones (excluding diaryl/α,β-unsaturated/α-hetero) is 1. The second-order valence-electron chi connectivity index (χ2n) is 6.58. The maximum Gasteiger partial charge on any atom is 0.417 e. The number of thioether (sulfide) groups is 1. The fourth-order valence-electron chi connectivity index (χ4n) is 2.40. The van der Waals surface area contributed by atoms with Crippen LogP contribution in [0.4, 0.5) is 13.2 Å². The molecule has 2 aromatic rings. The smallest absolute Gasteiger partial charge is 0.298 e. The lowest BCUT2D eigenvalue weighted by Crippen LogP contribution is -2.30. The molecule has 0 saturated carbocycles. The van der Waals surface area contributed by atoms with E-state index in [2.05, 4.69) is 17.1 Å². The molecule has 0 atom stereocenters. The van der Waals surface area contributed by atoms with Gasteiger partial charge in [0, 0.05) is 11.9 Å². The van der Waals surface area contributed by atoms with E-state index in [0.29, 0.717) is 5.69 Å². The molecule has 26 heavy (non-hydrogen) atoms. The van der Waals surface area contributed by atoms with E-state index in [1.165, 1.54) is 11.6 Å². The maximum atomic E-state index is 12.6. The Kier molecular flexibility index (Phi) is 6.87. The van der Waals surface area contributed by atoms with Crippen LogP contribution >= 0.6 is 11.8 Å². The molecule has 140 valence electrons. The topological polar surface area (TPSA) is 30.0 Å². The van der Waals surface area contributed by atoms with Crippen molar-refractivity contribution in [2.75, 3.05) is 5.75 Å². The number of benzene rings is 1. The number of hydrogen-bond donors (Lipinski definition) is 0. The van der Waals surface area contributed by atoms with Crippen LogP contribution in [0.15, 0.2) is 48.7 Å². The quantitative estimate of drug-likeness (QED) is 0.577. The van der Waals surface area contributed by atoms with E-state index >= 15 is 0 Å². The van der Waals surface area contributed by atoms with Crippen molar-refractivity contribution in [3.8, 4) is 0 Å². The normalized spacial score (nSPS) is 12.2. The van der Waals surface area contributed by atoms with Gasteiger partial charge in [-0.15, -0.1) is 11.8 Å². The zero-order chi connectivity index (χ0) is 19.2. The van der Waals surface area contributed by atoms with Crippen molar-refractivity contribution in [1.82, 2.24) is 4.98 Å². The summed E-state index contributed by atoms with van der Waals surface area (Å²) in [4.78, 5) is 16.3. The number of pyridine rings is 1. The number of nitrogens with zero attached hydrogens (tertiary/aromatic N) is 1. The van der Waals surface area contributed by atoms with Crippen LogP contribution in [0.1, 0.15) is 37.1 Å². The molecule has 1 aromatic heterocycles. The van der Waals surface area contributed by atoms with Crippen LogP contribution < -0.4 is 0 Å². The van der Waals surface area contributed by atoms with Gasteiger partial charge in [0.05, 0.1) is 16.7 Å². The lowest BCUT2D eigenvalue weighted by molar-refractivity contribution is -0.137. The highest BCUT2D eigenvalue weighted by Gasteiger charge is 2.31. The molecule has 0 radical (unpaired) electrons. The van der Waals surface area contributed by atoms with Gasteiger partial charge in [-0.1, -0.05) is 30.3 Å². The predicted octanol–water partition coefficient (Wildman–Crippen LogP) is 5.36. The standard InChI is InChI=1S/C20H22F3NOS/c1-19(2,26-12-6-9-15-7-4-3-5-8-15)18(25)13-17-11-10-16(14-24-17)20(21,22)23/h3-5,7-8,10-11,14H,6,9,12-13H2,1-2H3. The number of rotatable bonds is 8. The number of hydrogen-bond acceptors (Lipinski definition) is 3. The summed E-state index contributed by atoms with van der Waals surface area (Å²) in [6, 6.07) is 12.4. The van der Waals surface area contributed by atoms with Crippen molar-refractivity contribution in [3.63, 3.8) is 0 Å². The summed E-state index contributed by atoms with van der Waals surface area (Å²) in [6.07, 6.45) is -1.68. The molecule has 0 saturated heterocycles. The van der Waals surface area contributed by atoms with E-state index < -0.39 is 16.5 Å². The summed E-state index contributed by atoms with van der Waals surface area (Å²) in [7, 11) is 0. The van der Waals surface area contributed by atoms with E-state index in [-0.39, 0.29) is 12.2 Å². The van der Waals surface area contributed by atoms with E-state index in [4.69, 9.17) is 0 Å². The third-order valence-electron chi connectivity index (χ3n) is 4.08. The molecule has 0 spiro atoms. The highest BCUT2D eigenvalue weighted by molar-refractivity contribution is 8.01. The van der Waals surface area contributed by atoms with Crippen LogP contribution in [0.25, 0.3) is 0 Å². The molecular formula is C20H22F3NOS. The predicted molar refractivity (Wildman–Crippen MR) is 99.3 cm³/mol. The van der Waals surface area contributed by atoms with Crippen LogP contribution in [0, 0.1) is 0 Å². The third kappa shape index (κ3) is 6.16. The molecule has 0 amide bonds. The summed E-state index contributed by atoms with van der Waals surface area (Å²) < 4.78 is 37.1. The molecule has 2 nitrogen and oxygen atoms in total. The lowest BCUT2D eigenvalue weighted by Gasteiger charge is -2.22. The van der Waals surface area contributed by atoms with Crippen LogP contribution in [-0.4, -0.2) is 21.3 Å². The molecule has 0 aliphatic heterocycles. The van der Waals surface area contributed by atoms with Crippen molar-refractivity contribution < 1.29 is 18.0 Å². The molecule has 0 bridgehead atoms. The van der Waals surface area contributed by atoms with Crippen LogP contribution in [0.3, 0.4) is 0 Å². The van der Waals surface area contributed by atoms with E-state index in [1.54, 1.807) is 11.8 Å². The molecule has 2 rings (SSSR count). The number of ketones is 1. The Labute approximate surface area is 156 Å². The molecular weight excluding hydrogens is 359 g/mol. The molecule has 6 heteroatoms. The Morgan fingerprint density at radius 3 is 2.35 bits per heavy atom. The average molecular weight is 381 g/mol. The van der Waals surface area contributed by atoms with Crippen molar-refractivity contribution >= 4 is 17.5 Å². The van der Waals surface area contributed by atoms with Crippen LogP contribution in [-0.2, 0) is 23.8 Å². The van der Waals surface area contributed by atoms with Crippen molar-refractivity contribution in [1.29, 1.82) is 0 Å². The zero-order valence-corrected chi connectivity index (χ0v) is 15.7. The van der Waals surface area contributed by atoms with Gasteiger partial charge in [0.2, 0.25) is 0 Å². The number of aromatic nitrogens is 1. The number of halogens is 3. The average Bonchev–Trinajstić information content (AvgIpc) is 2.59. The van der Waals surface area contributed by atoms with Crippen LogP contribution in [0.2, 0.25) is 0 Å². The number of carbonyl (C=O) groups is 1. The van der Waals surface area contributed by atoms with Gasteiger partial charge in [0.25, 0.3) is 0 Å². The highest BCUT2D eigenvalue weighted by Crippen LogP contribution is 2.30. The van der Waals surface area contributed by atoms with Gasteiger partial charge in [0.1, 0.15) is 0 Å². The molecule has 0 unspecified atom stereocenters. The fourth-order valence-corrected chi connectivity index (χ4v) is 3.44. The summed E-state index contributed by atoms with van der Waals surface area (Å²) in [5, 5.41) is 0. The molecule has 0 N–H and O–H groups in total. The van der Waals surface area contributed by atoms with E-state index in [9.17, 15) is 18.0 Å². The second kappa shape index (κ2) is 8.71. The first-order chi connectivity index (χ1) is 12.2. The first-order valence-electron chi connectivity index (χ1n) is 8.42. The first-order valence-corrected chi connectivity index (χ1v) is 9.40. The largest absolute Gasteiger partial charge is 0.417 e. The van der Waals surface area contributed by atoms with E-state index in [0.717, 1.165) is 30.9 Å². The SMILES string of the molecule is CC(C)(SCCCc1ccccc1)C(=O)Cc1ccc(C(F)(F)F)cn1. The summed E-state index contributed by atoms with van der Waals surface area (Å²) >= 11 is 1.58. The highest BCUT2D eigenvalue weighted by atomic mass is 32.2. The Balaban J connectivity index is 1.83. The monoisotopic (exact) mass is 381 g/mol. The fraction of sp³-hybridized carbons (Fsp3) is 0.400. The van der Waals surface area contributed by atoms with Crippen molar-refractivity contribution in [2.45, 2.75) is 44.0 Å². The van der Waals surface area contributed by atoms with Gasteiger partial charge in [-0.05, 0) is 50.1 Å². The van der Waals surface area contributed by atoms with Gasteiger partial charge in [0.15, 0.2) is 5.78 Å². The van der Waals surface area contributed by atoms with Gasteiger partial charge >= 0.3 is 6.18 Å². The van der Waals surface area contributed by atoms with Gasteiger partial charge in [-0.25, -0.2) is 0 Å². The molecule has 0 aliphatic carbocycles. The summed E-state index contributed by atoms with van der Waals surface area (Å²) in [5.41, 5.74) is 0.829. The first kappa shape index (κ1) is 20.5. The van der Waals surface area contributed by atoms with Gasteiger partial charge in [-0.3, -0.25) is 9.78 Å². The Morgan fingerprint density at radius 1 is 1.08 bits per heavy atom. The number of alkyl halides is 3. The minimum absolute atomic E-state index is 0.0329. The maximum absolute atomic E-state index is 12.6.